The number of hydrogen-bond donors (Lipinski definition) is 2. The summed E-state index contributed by atoms with van der Waals surface area (Å²) in [5.74, 6) is -0.928. The molecule has 2 rings (SSSR count). The first-order chi connectivity index (χ1) is 11.6. The normalized spacial score (nSPS) is 19.0. The lowest BCUT2D eigenvalue weighted by molar-refractivity contribution is -0.131. The molecule has 2 N–H and O–H groups in total. The first kappa shape index (κ1) is 18.4. The van der Waals surface area contributed by atoms with Crippen LogP contribution in [0.5, 0.6) is 0 Å². The minimum absolute atomic E-state index is 0.158. The van der Waals surface area contributed by atoms with Gasteiger partial charge in [0.25, 0.3) is 0 Å². The molecular formula is C17H24FN3O3. The van der Waals surface area contributed by atoms with Gasteiger partial charge in [-0.25, -0.2) is 4.39 Å². The summed E-state index contributed by atoms with van der Waals surface area (Å²) in [7, 11) is 3.08. The van der Waals surface area contributed by atoms with Crippen LogP contribution in [0, 0.1) is 5.82 Å². The second kappa shape index (κ2) is 8.75. The molecule has 1 aromatic carbocycles. The van der Waals surface area contributed by atoms with Gasteiger partial charge in [-0.3, -0.25) is 14.5 Å². The largest absolute Gasteiger partial charge is 0.383 e. The van der Waals surface area contributed by atoms with Crippen LogP contribution in [-0.2, 0) is 14.3 Å². The van der Waals surface area contributed by atoms with Crippen LogP contribution in [0.15, 0.2) is 24.3 Å². The van der Waals surface area contributed by atoms with Crippen LogP contribution in [0.1, 0.15) is 24.4 Å². The van der Waals surface area contributed by atoms with Crippen molar-refractivity contribution in [2.45, 2.75) is 24.9 Å². The van der Waals surface area contributed by atoms with E-state index in [1.807, 2.05) is 0 Å². The number of carbonyl (C=O) groups is 2. The van der Waals surface area contributed by atoms with Crippen molar-refractivity contribution in [2.24, 2.45) is 0 Å². The van der Waals surface area contributed by atoms with E-state index in [4.69, 9.17) is 4.74 Å². The zero-order valence-corrected chi connectivity index (χ0v) is 14.0. The highest BCUT2D eigenvalue weighted by molar-refractivity contribution is 5.86. The summed E-state index contributed by atoms with van der Waals surface area (Å²) in [6, 6.07) is 4.92. The molecule has 0 saturated carbocycles. The molecular weight excluding hydrogens is 313 g/mol. The smallest absolute Gasteiger partial charge is 0.241 e. The first-order valence-electron chi connectivity index (χ1n) is 8.08. The van der Waals surface area contributed by atoms with Crippen molar-refractivity contribution >= 4 is 11.8 Å². The lowest BCUT2D eigenvalue weighted by Gasteiger charge is -2.31. The van der Waals surface area contributed by atoms with Crippen molar-refractivity contribution in [3.63, 3.8) is 0 Å². The average Bonchev–Trinajstić information content (AvgIpc) is 3.06. The summed E-state index contributed by atoms with van der Waals surface area (Å²) in [4.78, 5) is 26.6. The van der Waals surface area contributed by atoms with Gasteiger partial charge in [-0.1, -0.05) is 18.2 Å². The molecule has 1 aliphatic heterocycles. The number of halogens is 1. The molecule has 24 heavy (non-hydrogen) atoms. The number of amides is 2. The molecule has 1 aromatic rings. The Balaban J connectivity index is 2.23. The average molecular weight is 337 g/mol. The van der Waals surface area contributed by atoms with E-state index in [-0.39, 0.29) is 17.4 Å². The first-order valence-corrected chi connectivity index (χ1v) is 8.08. The highest BCUT2D eigenvalue weighted by Gasteiger charge is 2.39. The molecule has 0 spiro atoms. The number of nitrogens with one attached hydrogen (secondary N) is 2. The Morgan fingerprint density at radius 3 is 2.83 bits per heavy atom. The Labute approximate surface area is 141 Å². The van der Waals surface area contributed by atoms with Crippen molar-refractivity contribution in [3.05, 3.63) is 35.6 Å². The minimum atomic E-state index is -0.822. The Kier molecular flexibility index (Phi) is 6.69. The highest BCUT2D eigenvalue weighted by Crippen LogP contribution is 2.31. The second-order valence-corrected chi connectivity index (χ2v) is 5.72. The van der Waals surface area contributed by atoms with Crippen LogP contribution in [0.4, 0.5) is 4.39 Å². The van der Waals surface area contributed by atoms with Gasteiger partial charge in [0.1, 0.15) is 11.9 Å². The van der Waals surface area contributed by atoms with Crippen molar-refractivity contribution in [1.82, 2.24) is 15.5 Å². The van der Waals surface area contributed by atoms with Gasteiger partial charge in [0, 0.05) is 32.8 Å². The summed E-state index contributed by atoms with van der Waals surface area (Å²) in [5.41, 5.74) is 0.286. The van der Waals surface area contributed by atoms with Crippen LogP contribution >= 0.6 is 0 Å². The number of hydrogen-bond acceptors (Lipinski definition) is 4. The summed E-state index contributed by atoms with van der Waals surface area (Å²) in [5, 5.41) is 5.38. The molecule has 1 aliphatic rings. The van der Waals surface area contributed by atoms with E-state index in [0.29, 0.717) is 26.1 Å². The standard InChI is InChI=1S/C17H24FN3O3/c1-19-17(23)15(12-6-3-4-7-13(12)18)21-10-5-8-14(21)16(22)20-9-11-24-2/h3-4,6-7,14-15H,5,8-11H2,1-2H3,(H,19,23)(H,20,22)/t14-,15+/m0/s1. The quantitative estimate of drug-likeness (QED) is 0.724. The Morgan fingerprint density at radius 2 is 2.17 bits per heavy atom. The van der Waals surface area contributed by atoms with Crippen molar-refractivity contribution in [2.75, 3.05) is 33.9 Å². The molecule has 1 heterocycles. The van der Waals surface area contributed by atoms with Gasteiger partial charge in [0.05, 0.1) is 12.6 Å². The van der Waals surface area contributed by atoms with Crippen molar-refractivity contribution in [3.8, 4) is 0 Å². The number of nitrogens with zero attached hydrogens (tertiary/aromatic N) is 1. The summed E-state index contributed by atoms with van der Waals surface area (Å²) in [6.07, 6.45) is 1.42. The number of benzene rings is 1. The van der Waals surface area contributed by atoms with E-state index >= 15 is 0 Å². The number of carbonyl (C=O) groups excluding carboxylic acids is 2. The fraction of sp³-hybridized carbons (Fsp3) is 0.529. The van der Waals surface area contributed by atoms with Crippen molar-refractivity contribution in [1.29, 1.82) is 0 Å². The highest BCUT2D eigenvalue weighted by atomic mass is 19.1. The van der Waals surface area contributed by atoms with Crippen LogP contribution < -0.4 is 10.6 Å². The van der Waals surface area contributed by atoms with Crippen LogP contribution in [0.25, 0.3) is 0 Å². The molecule has 1 fully saturated rings. The summed E-state index contributed by atoms with van der Waals surface area (Å²) in [6.45, 7) is 1.39. The predicted molar refractivity (Wildman–Crippen MR) is 87.8 cm³/mol. The number of ether oxygens (including phenoxy) is 1. The number of methoxy groups -OCH3 is 1. The lowest BCUT2D eigenvalue weighted by atomic mass is 10.0. The molecule has 1 saturated heterocycles. The third-order valence-electron chi connectivity index (χ3n) is 4.23. The van der Waals surface area contributed by atoms with E-state index in [1.165, 1.54) is 13.1 Å². The van der Waals surface area contributed by atoms with E-state index in [0.717, 1.165) is 6.42 Å². The van der Waals surface area contributed by atoms with Gasteiger partial charge in [-0.15, -0.1) is 0 Å². The Hall–Kier alpha value is -1.99. The van der Waals surface area contributed by atoms with Gasteiger partial charge in [-0.05, 0) is 18.9 Å². The SMILES string of the molecule is CNC(=O)[C@@H](c1ccccc1F)N1CCC[C@H]1C(=O)NCCOC. The number of likely N-dealkylation sites (N-methyl/N-ethyl adjacent to an activating group) is 1. The van der Waals surface area contributed by atoms with E-state index < -0.39 is 17.9 Å². The lowest BCUT2D eigenvalue weighted by Crippen LogP contribution is -2.49. The van der Waals surface area contributed by atoms with Gasteiger partial charge < -0.3 is 15.4 Å². The Morgan fingerprint density at radius 1 is 1.42 bits per heavy atom. The fourth-order valence-corrected chi connectivity index (χ4v) is 3.08. The molecule has 0 bridgehead atoms. The second-order valence-electron chi connectivity index (χ2n) is 5.72. The Bertz CT molecular complexity index is 582. The molecule has 6 nitrogen and oxygen atoms in total. The number of rotatable bonds is 7. The molecule has 2 amide bonds. The summed E-state index contributed by atoms with van der Waals surface area (Å²) >= 11 is 0. The minimum Gasteiger partial charge on any atom is -0.383 e. The fourth-order valence-electron chi connectivity index (χ4n) is 3.08. The van der Waals surface area contributed by atoms with Gasteiger partial charge in [0.2, 0.25) is 11.8 Å². The number of likely N-dealkylation sites (tertiary alicyclic amines) is 1. The molecule has 0 aliphatic carbocycles. The third kappa shape index (κ3) is 4.10. The maximum Gasteiger partial charge on any atom is 0.241 e. The summed E-state index contributed by atoms with van der Waals surface area (Å²) < 4.78 is 19.2. The van der Waals surface area contributed by atoms with Gasteiger partial charge >= 0.3 is 0 Å². The van der Waals surface area contributed by atoms with E-state index in [2.05, 4.69) is 10.6 Å². The molecule has 7 heteroatoms. The maximum absolute atomic E-state index is 14.2. The van der Waals surface area contributed by atoms with Gasteiger partial charge in [0.15, 0.2) is 0 Å². The molecule has 132 valence electrons. The zero-order chi connectivity index (χ0) is 17.5. The van der Waals surface area contributed by atoms with Gasteiger partial charge in [-0.2, -0.15) is 0 Å². The monoisotopic (exact) mass is 337 g/mol. The zero-order valence-electron chi connectivity index (χ0n) is 14.0. The molecule has 0 unspecified atom stereocenters. The van der Waals surface area contributed by atoms with Crippen LogP contribution in [-0.4, -0.2) is 56.6 Å². The van der Waals surface area contributed by atoms with E-state index in [9.17, 15) is 14.0 Å². The molecule has 0 radical (unpaired) electrons. The van der Waals surface area contributed by atoms with Crippen molar-refractivity contribution < 1.29 is 18.7 Å². The van der Waals surface area contributed by atoms with Crippen LogP contribution in [0.3, 0.4) is 0 Å². The topological polar surface area (TPSA) is 70.7 Å². The van der Waals surface area contributed by atoms with Crippen LogP contribution in [0.2, 0.25) is 0 Å². The third-order valence-corrected chi connectivity index (χ3v) is 4.23. The molecule has 2 atom stereocenters. The maximum atomic E-state index is 14.2. The molecule has 0 aromatic heterocycles. The van der Waals surface area contributed by atoms with E-state index in [1.54, 1.807) is 30.2 Å². The predicted octanol–water partition coefficient (Wildman–Crippen LogP) is 0.840.